The molecule has 1 aromatic carbocycles. The van der Waals surface area contributed by atoms with Crippen molar-refractivity contribution in [3.8, 4) is 0 Å². The Morgan fingerprint density at radius 1 is 1.29 bits per heavy atom. The van der Waals surface area contributed by atoms with Gasteiger partial charge in [0.2, 0.25) is 0 Å². The molecule has 0 aliphatic heterocycles. The SMILES string of the molecule is CCSCc1cn(C(C)C)c2cccc(C)c12. The fourth-order valence-corrected chi connectivity index (χ4v) is 2.98. The molecule has 0 spiro atoms. The van der Waals surface area contributed by atoms with Crippen molar-refractivity contribution in [2.45, 2.75) is 39.5 Å². The second kappa shape index (κ2) is 5.18. The molecule has 1 nitrogen and oxygen atoms in total. The maximum absolute atomic E-state index is 2.40. The molecule has 2 heteroatoms. The third kappa shape index (κ3) is 2.37. The molecule has 0 aliphatic carbocycles. The molecule has 2 rings (SSSR count). The summed E-state index contributed by atoms with van der Waals surface area (Å²) in [5.41, 5.74) is 4.26. The molecule has 0 fully saturated rings. The minimum Gasteiger partial charge on any atom is -0.345 e. The highest BCUT2D eigenvalue weighted by atomic mass is 32.2. The maximum Gasteiger partial charge on any atom is 0.0488 e. The number of thioether (sulfide) groups is 1. The van der Waals surface area contributed by atoms with Gasteiger partial charge in [0.1, 0.15) is 0 Å². The summed E-state index contributed by atoms with van der Waals surface area (Å²) in [6.07, 6.45) is 2.34. The van der Waals surface area contributed by atoms with Gasteiger partial charge in [-0.05, 0) is 43.7 Å². The molecule has 17 heavy (non-hydrogen) atoms. The van der Waals surface area contributed by atoms with Crippen LogP contribution in [-0.4, -0.2) is 10.3 Å². The lowest BCUT2D eigenvalue weighted by atomic mass is 10.1. The van der Waals surface area contributed by atoms with Crippen molar-refractivity contribution >= 4 is 22.7 Å². The van der Waals surface area contributed by atoms with E-state index in [0.29, 0.717) is 6.04 Å². The van der Waals surface area contributed by atoms with Gasteiger partial charge in [0, 0.05) is 28.9 Å². The van der Waals surface area contributed by atoms with Gasteiger partial charge in [-0.25, -0.2) is 0 Å². The normalized spacial score (nSPS) is 11.6. The Morgan fingerprint density at radius 2 is 2.06 bits per heavy atom. The van der Waals surface area contributed by atoms with Crippen molar-refractivity contribution in [2.24, 2.45) is 0 Å². The Kier molecular flexibility index (Phi) is 3.82. The Balaban J connectivity index is 2.59. The van der Waals surface area contributed by atoms with Crippen LogP contribution in [0.3, 0.4) is 0 Å². The molecule has 0 bridgehead atoms. The van der Waals surface area contributed by atoms with Gasteiger partial charge in [-0.15, -0.1) is 0 Å². The summed E-state index contributed by atoms with van der Waals surface area (Å²) in [6.45, 7) is 8.93. The van der Waals surface area contributed by atoms with Crippen LogP contribution in [0.4, 0.5) is 0 Å². The third-order valence-corrected chi connectivity index (χ3v) is 4.09. The fourth-order valence-electron chi connectivity index (χ4n) is 2.34. The van der Waals surface area contributed by atoms with Crippen LogP contribution in [0.5, 0.6) is 0 Å². The summed E-state index contributed by atoms with van der Waals surface area (Å²) in [7, 11) is 0. The van der Waals surface area contributed by atoms with Gasteiger partial charge in [0.15, 0.2) is 0 Å². The monoisotopic (exact) mass is 247 g/mol. The van der Waals surface area contributed by atoms with Crippen LogP contribution in [0.1, 0.15) is 37.9 Å². The number of fused-ring (bicyclic) bond motifs is 1. The van der Waals surface area contributed by atoms with E-state index in [1.54, 1.807) is 0 Å². The van der Waals surface area contributed by atoms with Gasteiger partial charge in [-0.3, -0.25) is 0 Å². The largest absolute Gasteiger partial charge is 0.345 e. The van der Waals surface area contributed by atoms with Gasteiger partial charge in [0.25, 0.3) is 0 Å². The fraction of sp³-hybridized carbons (Fsp3) is 0.467. The van der Waals surface area contributed by atoms with E-state index in [4.69, 9.17) is 0 Å². The predicted octanol–water partition coefficient (Wildman–Crippen LogP) is 4.78. The first-order chi connectivity index (χ1) is 8.15. The van der Waals surface area contributed by atoms with Crippen molar-refractivity contribution in [1.82, 2.24) is 4.57 Å². The van der Waals surface area contributed by atoms with Gasteiger partial charge in [0.05, 0.1) is 0 Å². The number of benzene rings is 1. The number of aryl methyl sites for hydroxylation is 1. The first-order valence-corrected chi connectivity index (χ1v) is 7.47. The van der Waals surface area contributed by atoms with E-state index in [0.717, 1.165) is 5.75 Å². The Bertz CT molecular complexity index is 511. The number of hydrogen-bond donors (Lipinski definition) is 0. The van der Waals surface area contributed by atoms with Crippen molar-refractivity contribution in [2.75, 3.05) is 5.75 Å². The van der Waals surface area contributed by atoms with Crippen LogP contribution in [0.15, 0.2) is 24.4 Å². The van der Waals surface area contributed by atoms with Crippen LogP contribution < -0.4 is 0 Å². The summed E-state index contributed by atoms with van der Waals surface area (Å²) < 4.78 is 2.40. The summed E-state index contributed by atoms with van der Waals surface area (Å²) in [4.78, 5) is 0. The first-order valence-electron chi connectivity index (χ1n) is 6.32. The summed E-state index contributed by atoms with van der Waals surface area (Å²) in [5.74, 6) is 2.30. The van der Waals surface area contributed by atoms with E-state index in [1.807, 2.05) is 11.8 Å². The first kappa shape index (κ1) is 12.6. The van der Waals surface area contributed by atoms with Gasteiger partial charge >= 0.3 is 0 Å². The Labute approximate surface area is 108 Å². The molecule has 0 unspecified atom stereocenters. The zero-order valence-corrected chi connectivity index (χ0v) is 12.0. The molecule has 0 N–H and O–H groups in total. The van der Waals surface area contributed by atoms with Crippen molar-refractivity contribution in [3.05, 3.63) is 35.5 Å². The zero-order chi connectivity index (χ0) is 12.4. The molecule has 2 aromatic rings. The minimum absolute atomic E-state index is 0.527. The van der Waals surface area contributed by atoms with E-state index in [1.165, 1.54) is 27.8 Å². The highest BCUT2D eigenvalue weighted by Gasteiger charge is 2.11. The number of aromatic nitrogens is 1. The van der Waals surface area contributed by atoms with Gasteiger partial charge < -0.3 is 4.57 Å². The summed E-state index contributed by atoms with van der Waals surface area (Å²) in [6, 6.07) is 7.14. The Morgan fingerprint density at radius 3 is 2.71 bits per heavy atom. The molecular formula is C15H21NS. The summed E-state index contributed by atoms with van der Waals surface area (Å²) in [5, 5.41) is 1.46. The van der Waals surface area contributed by atoms with E-state index in [2.05, 4.69) is 56.7 Å². The molecule has 0 aliphatic rings. The highest BCUT2D eigenvalue weighted by molar-refractivity contribution is 7.98. The van der Waals surface area contributed by atoms with Crippen molar-refractivity contribution in [1.29, 1.82) is 0 Å². The van der Waals surface area contributed by atoms with Crippen LogP contribution >= 0.6 is 11.8 Å². The second-order valence-corrected chi connectivity index (χ2v) is 6.04. The van der Waals surface area contributed by atoms with E-state index in [9.17, 15) is 0 Å². The highest BCUT2D eigenvalue weighted by Crippen LogP contribution is 2.29. The molecule has 0 atom stereocenters. The number of hydrogen-bond acceptors (Lipinski definition) is 1. The molecule has 0 amide bonds. The lowest BCUT2D eigenvalue weighted by Crippen LogP contribution is -1.97. The van der Waals surface area contributed by atoms with Gasteiger partial charge in [-0.2, -0.15) is 11.8 Å². The lowest BCUT2D eigenvalue weighted by Gasteiger charge is -2.09. The second-order valence-electron chi connectivity index (χ2n) is 4.76. The predicted molar refractivity (Wildman–Crippen MR) is 78.9 cm³/mol. The zero-order valence-electron chi connectivity index (χ0n) is 11.2. The topological polar surface area (TPSA) is 4.93 Å². The molecule has 0 radical (unpaired) electrons. The van der Waals surface area contributed by atoms with E-state index >= 15 is 0 Å². The number of nitrogens with zero attached hydrogens (tertiary/aromatic N) is 1. The Hall–Kier alpha value is -0.890. The average Bonchev–Trinajstić information content (AvgIpc) is 2.67. The molecule has 1 heterocycles. The lowest BCUT2D eigenvalue weighted by molar-refractivity contribution is 0.621. The van der Waals surface area contributed by atoms with E-state index in [-0.39, 0.29) is 0 Å². The average molecular weight is 247 g/mol. The standard InChI is InChI=1S/C15H21NS/c1-5-17-10-13-9-16(11(2)3)14-8-6-7-12(4)15(13)14/h6-9,11H,5,10H2,1-4H3. The van der Waals surface area contributed by atoms with Crippen molar-refractivity contribution in [3.63, 3.8) is 0 Å². The minimum atomic E-state index is 0.527. The molecule has 92 valence electrons. The van der Waals surface area contributed by atoms with E-state index < -0.39 is 0 Å². The molecule has 1 aromatic heterocycles. The molecular weight excluding hydrogens is 226 g/mol. The maximum atomic E-state index is 2.40. The smallest absolute Gasteiger partial charge is 0.0488 e. The molecule has 0 saturated heterocycles. The third-order valence-electron chi connectivity index (χ3n) is 3.16. The quantitative estimate of drug-likeness (QED) is 0.752. The summed E-state index contributed by atoms with van der Waals surface area (Å²) >= 11 is 2.00. The number of rotatable bonds is 4. The van der Waals surface area contributed by atoms with Crippen LogP contribution in [0.2, 0.25) is 0 Å². The van der Waals surface area contributed by atoms with Gasteiger partial charge in [-0.1, -0.05) is 19.1 Å². The van der Waals surface area contributed by atoms with Crippen LogP contribution in [0, 0.1) is 6.92 Å². The molecule has 0 saturated carbocycles. The van der Waals surface area contributed by atoms with Crippen molar-refractivity contribution < 1.29 is 0 Å². The van der Waals surface area contributed by atoms with Crippen LogP contribution in [0.25, 0.3) is 10.9 Å². The van der Waals surface area contributed by atoms with Crippen LogP contribution in [-0.2, 0) is 5.75 Å².